The van der Waals surface area contributed by atoms with Crippen molar-refractivity contribution in [2.75, 3.05) is 4.90 Å². The van der Waals surface area contributed by atoms with E-state index in [0.29, 0.717) is 6.54 Å². The lowest BCUT2D eigenvalue weighted by molar-refractivity contribution is 0.953. The van der Waals surface area contributed by atoms with E-state index in [9.17, 15) is 0 Å². The average molecular weight is 634 g/mol. The van der Waals surface area contributed by atoms with Crippen molar-refractivity contribution < 1.29 is 0 Å². The highest BCUT2D eigenvalue weighted by atomic mass is 15.2. The topological polar surface area (TPSA) is 28.5 Å². The van der Waals surface area contributed by atoms with Gasteiger partial charge in [0.05, 0.1) is 34.8 Å². The van der Waals surface area contributed by atoms with Crippen LogP contribution < -0.4 is 15.3 Å². The lowest BCUT2D eigenvalue weighted by Crippen LogP contribution is -2.29. The van der Waals surface area contributed by atoms with Gasteiger partial charge in [0.1, 0.15) is 0 Å². The van der Waals surface area contributed by atoms with Crippen molar-refractivity contribution in [3.63, 3.8) is 0 Å². The molecule has 8 rings (SSSR count). The van der Waals surface area contributed by atoms with Crippen molar-refractivity contribution in [2.24, 2.45) is 4.99 Å². The fourth-order valence-electron chi connectivity index (χ4n) is 7.99. The number of benzene rings is 5. The van der Waals surface area contributed by atoms with Crippen molar-refractivity contribution in [1.82, 2.24) is 4.98 Å². The highest BCUT2D eigenvalue weighted by Crippen LogP contribution is 2.46. The number of hydrogen-bond donors (Lipinski definition) is 0. The maximum atomic E-state index is 5.25. The smallest absolute Gasteiger partial charge is 0.0859 e. The number of fused-ring (bicyclic) bond motifs is 5. The second-order valence-corrected chi connectivity index (χ2v) is 12.7. The Kier molecular flexibility index (Phi) is 7.69. The molecule has 6 aromatic rings. The summed E-state index contributed by atoms with van der Waals surface area (Å²) in [6.45, 7) is 13.3. The zero-order valence-corrected chi connectivity index (χ0v) is 28.6. The normalized spacial score (nSPS) is 15.6. The molecule has 0 atom stereocenters. The Morgan fingerprint density at radius 1 is 0.694 bits per heavy atom. The van der Waals surface area contributed by atoms with E-state index in [1.54, 1.807) is 0 Å². The van der Waals surface area contributed by atoms with Crippen molar-refractivity contribution in [3.05, 3.63) is 148 Å². The van der Waals surface area contributed by atoms with E-state index in [2.05, 4.69) is 160 Å². The first-order valence-corrected chi connectivity index (χ1v) is 17.2. The summed E-state index contributed by atoms with van der Waals surface area (Å²) in [5.74, 6) is 0. The van der Waals surface area contributed by atoms with Crippen molar-refractivity contribution in [3.8, 4) is 33.5 Å². The first-order chi connectivity index (χ1) is 24.1. The zero-order valence-electron chi connectivity index (χ0n) is 28.6. The molecule has 0 amide bonds. The van der Waals surface area contributed by atoms with E-state index in [1.165, 1.54) is 55.0 Å². The molecule has 5 aromatic carbocycles. The summed E-state index contributed by atoms with van der Waals surface area (Å²) in [4.78, 5) is 12.0. The van der Waals surface area contributed by atoms with Crippen LogP contribution in [-0.4, -0.2) is 11.7 Å². The Morgan fingerprint density at radius 2 is 1.45 bits per heavy atom. The second kappa shape index (κ2) is 12.3. The summed E-state index contributed by atoms with van der Waals surface area (Å²) in [7, 11) is 0. The van der Waals surface area contributed by atoms with Crippen molar-refractivity contribution in [1.29, 1.82) is 0 Å². The van der Waals surface area contributed by atoms with E-state index < -0.39 is 0 Å². The Bertz CT molecular complexity index is 2510. The zero-order chi connectivity index (χ0) is 33.6. The molecule has 0 spiro atoms. The maximum Gasteiger partial charge on any atom is 0.0859 e. The number of hydrogen-bond acceptors (Lipinski definition) is 3. The SMILES string of the molecule is C=Nc1ccccc1N1Cc2cc3ccccc3nc2-c2cc(-c3cccc(-c4ccc5c(c/4=C\C)=C(CC)C(=C/C)/C5=C\C)c3)ccc21. The van der Waals surface area contributed by atoms with Gasteiger partial charge >= 0.3 is 0 Å². The number of rotatable bonds is 5. The first-order valence-electron chi connectivity index (χ1n) is 17.2. The van der Waals surface area contributed by atoms with Crippen LogP contribution in [-0.2, 0) is 6.54 Å². The Balaban J connectivity index is 1.30. The van der Waals surface area contributed by atoms with Gasteiger partial charge in [-0.1, -0.05) is 91.9 Å². The maximum absolute atomic E-state index is 5.25. The highest BCUT2D eigenvalue weighted by molar-refractivity contribution is 6.00. The third kappa shape index (κ3) is 4.88. The van der Waals surface area contributed by atoms with Gasteiger partial charge in [0.2, 0.25) is 0 Å². The molecule has 0 fully saturated rings. The third-order valence-electron chi connectivity index (χ3n) is 10.2. The van der Waals surface area contributed by atoms with Crippen molar-refractivity contribution in [2.45, 2.75) is 40.7 Å². The standard InChI is InChI=1S/C46H39N3/c1-6-34-35(7-2)39-23-22-38(37(9-4)45(39)36(34)8-3)31-17-14-16-29(25-31)30-21-24-43-40(27-30)46-33(26-32-15-10-11-18-41(32)48-46)28-49(43)44-20-13-12-19-42(44)47-5/h6-7,9-27H,5,8,28H2,1-4H3/b34-6+,35-7+,37-9-. The number of aliphatic imine (C=N–C) groups is 1. The van der Waals surface area contributed by atoms with Crippen LogP contribution in [0.2, 0.25) is 0 Å². The molecule has 49 heavy (non-hydrogen) atoms. The van der Waals surface area contributed by atoms with Gasteiger partial charge in [-0.05, 0) is 137 Å². The monoisotopic (exact) mass is 633 g/mol. The molecule has 1 aliphatic carbocycles. The molecular formula is C46H39N3. The number of pyridine rings is 1. The summed E-state index contributed by atoms with van der Waals surface area (Å²) >= 11 is 0. The van der Waals surface area contributed by atoms with Gasteiger partial charge in [-0.15, -0.1) is 0 Å². The minimum Gasteiger partial charge on any atom is -0.335 e. The van der Waals surface area contributed by atoms with Crippen LogP contribution in [0.4, 0.5) is 17.1 Å². The fourth-order valence-corrected chi connectivity index (χ4v) is 7.99. The molecule has 0 saturated carbocycles. The fraction of sp³-hybridized carbons (Fsp3) is 0.130. The van der Waals surface area contributed by atoms with Crippen molar-refractivity contribution >= 4 is 51.9 Å². The molecule has 0 N–H and O–H groups in total. The van der Waals surface area contributed by atoms with Crippen LogP contribution in [0.3, 0.4) is 0 Å². The van der Waals surface area contributed by atoms with Gasteiger partial charge in [0.25, 0.3) is 0 Å². The summed E-state index contributed by atoms with van der Waals surface area (Å²) in [5.41, 5.74) is 17.7. The number of allylic oxidation sites excluding steroid dienone is 4. The van der Waals surface area contributed by atoms with Crippen LogP contribution in [0.5, 0.6) is 0 Å². The Morgan fingerprint density at radius 3 is 2.24 bits per heavy atom. The van der Waals surface area contributed by atoms with Crippen LogP contribution >= 0.6 is 0 Å². The molecule has 2 heterocycles. The summed E-state index contributed by atoms with van der Waals surface area (Å²) in [6.07, 6.45) is 7.82. The van der Waals surface area contributed by atoms with Crippen LogP contribution in [0.1, 0.15) is 45.2 Å². The summed E-state index contributed by atoms with van der Waals surface area (Å²) in [6, 6.07) is 39.4. The van der Waals surface area contributed by atoms with E-state index in [0.717, 1.165) is 51.2 Å². The molecular weight excluding hydrogens is 595 g/mol. The lowest BCUT2D eigenvalue weighted by Gasteiger charge is -2.33. The summed E-state index contributed by atoms with van der Waals surface area (Å²) in [5, 5.41) is 3.84. The Hall–Kier alpha value is -5.80. The quantitative estimate of drug-likeness (QED) is 0.177. The Labute approximate surface area is 288 Å². The largest absolute Gasteiger partial charge is 0.335 e. The van der Waals surface area contributed by atoms with Gasteiger partial charge in [0, 0.05) is 10.9 Å². The molecule has 1 aromatic heterocycles. The molecule has 1 aliphatic heterocycles. The van der Waals surface area contributed by atoms with E-state index in [-0.39, 0.29) is 0 Å². The van der Waals surface area contributed by atoms with E-state index in [4.69, 9.17) is 4.98 Å². The number of anilines is 2. The van der Waals surface area contributed by atoms with Crippen LogP contribution in [0.25, 0.3) is 61.6 Å². The minimum absolute atomic E-state index is 0.705. The van der Waals surface area contributed by atoms with Gasteiger partial charge in [-0.3, -0.25) is 4.99 Å². The predicted octanol–water partition coefficient (Wildman–Crippen LogP) is 10.9. The molecule has 2 aliphatic rings. The first kappa shape index (κ1) is 30.5. The van der Waals surface area contributed by atoms with Crippen LogP contribution in [0.15, 0.2) is 132 Å². The average Bonchev–Trinajstić information content (AvgIpc) is 3.49. The summed E-state index contributed by atoms with van der Waals surface area (Å²) < 4.78 is 0. The van der Waals surface area contributed by atoms with Gasteiger partial charge in [-0.2, -0.15) is 0 Å². The minimum atomic E-state index is 0.705. The molecule has 3 heteroatoms. The van der Waals surface area contributed by atoms with Crippen LogP contribution in [0, 0.1) is 0 Å². The predicted molar refractivity (Wildman–Crippen MR) is 210 cm³/mol. The van der Waals surface area contributed by atoms with Gasteiger partial charge in [-0.25, -0.2) is 4.98 Å². The van der Waals surface area contributed by atoms with Gasteiger partial charge in [0.15, 0.2) is 0 Å². The lowest BCUT2D eigenvalue weighted by atomic mass is 9.91. The van der Waals surface area contributed by atoms with E-state index in [1.807, 2.05) is 12.1 Å². The third-order valence-corrected chi connectivity index (χ3v) is 10.2. The molecule has 3 nitrogen and oxygen atoms in total. The molecule has 238 valence electrons. The molecule has 0 saturated heterocycles. The number of aromatic nitrogens is 1. The second-order valence-electron chi connectivity index (χ2n) is 12.7. The van der Waals surface area contributed by atoms with E-state index >= 15 is 0 Å². The van der Waals surface area contributed by atoms with Gasteiger partial charge < -0.3 is 4.90 Å². The number of nitrogens with zero attached hydrogens (tertiary/aromatic N) is 3. The number of para-hydroxylation sites is 3. The molecule has 0 bridgehead atoms. The highest BCUT2D eigenvalue weighted by Gasteiger charge is 2.27. The molecule has 0 unspecified atom stereocenters. The molecule has 0 radical (unpaired) electrons.